The molecule has 1 aliphatic carbocycles. The van der Waals surface area contributed by atoms with E-state index in [9.17, 15) is 14.8 Å². The summed E-state index contributed by atoms with van der Waals surface area (Å²) in [6, 6.07) is 14.5. The molecule has 0 bridgehead atoms. The van der Waals surface area contributed by atoms with Crippen molar-refractivity contribution in [3.63, 3.8) is 0 Å². The first-order chi connectivity index (χ1) is 17.2. The molecule has 8 nitrogen and oxygen atoms in total. The Morgan fingerprint density at radius 3 is 2.25 bits per heavy atom. The molecule has 1 saturated carbocycles. The number of oxime groups is 1. The number of rotatable bonds is 7. The summed E-state index contributed by atoms with van der Waals surface area (Å²) in [5, 5.41) is 20.5. The van der Waals surface area contributed by atoms with Crippen molar-refractivity contribution in [1.29, 1.82) is 0 Å². The number of fused-ring (bicyclic) bond motifs is 1. The van der Waals surface area contributed by atoms with Gasteiger partial charge < -0.3 is 25.3 Å². The predicted molar refractivity (Wildman–Crippen MR) is 140 cm³/mol. The van der Waals surface area contributed by atoms with Gasteiger partial charge in [0.25, 0.3) is 11.8 Å². The first-order valence-electron chi connectivity index (χ1n) is 11.8. The van der Waals surface area contributed by atoms with E-state index in [2.05, 4.69) is 15.8 Å². The lowest BCUT2D eigenvalue weighted by molar-refractivity contribution is -0.110. The van der Waals surface area contributed by atoms with Gasteiger partial charge in [-0.25, -0.2) is 0 Å². The number of hydrogen-bond donors (Lipinski definition) is 3. The number of carbonyl (C=O) groups is 2. The molecule has 0 unspecified atom stereocenters. The number of methoxy groups -OCH3 is 2. The van der Waals surface area contributed by atoms with Crippen LogP contribution in [-0.4, -0.2) is 43.0 Å². The fourth-order valence-electron chi connectivity index (χ4n) is 4.09. The van der Waals surface area contributed by atoms with E-state index < -0.39 is 5.91 Å². The summed E-state index contributed by atoms with van der Waals surface area (Å²) in [4.78, 5) is 26.5. The Hall–Kier alpha value is -4.07. The Morgan fingerprint density at radius 1 is 0.972 bits per heavy atom. The lowest BCUT2D eigenvalue weighted by Crippen LogP contribution is -2.28. The van der Waals surface area contributed by atoms with Crippen LogP contribution in [0.1, 0.15) is 55.1 Å². The molecule has 3 N–H and O–H groups in total. The molecule has 1 fully saturated rings. The van der Waals surface area contributed by atoms with E-state index in [1.807, 2.05) is 45.0 Å². The third-order valence-corrected chi connectivity index (χ3v) is 6.24. The number of benzene rings is 3. The zero-order chi connectivity index (χ0) is 26.0. The molecule has 36 heavy (non-hydrogen) atoms. The van der Waals surface area contributed by atoms with Crippen LogP contribution in [0.5, 0.6) is 11.5 Å². The summed E-state index contributed by atoms with van der Waals surface area (Å²) >= 11 is 0. The number of carbonyl (C=O) groups excluding carboxylic acids is 2. The molecule has 4 rings (SSSR count). The predicted octanol–water partition coefficient (Wildman–Crippen LogP) is 4.86. The standard InChI is InChI=1S/C28H31N3O5/c1-28(2,3)16-14-21(26(32)29-17-10-11-17)25(36-5)22(15-16)30-27(33)24(31-34)20-12-13-23(35-4)19-9-7-6-8-18(19)20/h6-9,12-15,17,34H,10-11H2,1-5H3,(H,29,32)(H,30,33)/b31-24-. The Bertz CT molecular complexity index is 1350. The summed E-state index contributed by atoms with van der Waals surface area (Å²) in [6.07, 6.45) is 1.89. The molecule has 2 amide bonds. The second-order valence-electron chi connectivity index (χ2n) is 9.87. The van der Waals surface area contributed by atoms with E-state index in [-0.39, 0.29) is 28.8 Å². The molecule has 1 aliphatic rings. The van der Waals surface area contributed by atoms with Crippen LogP contribution in [0.4, 0.5) is 5.69 Å². The minimum absolute atomic E-state index is 0.162. The number of amides is 2. The van der Waals surface area contributed by atoms with Gasteiger partial charge in [-0.2, -0.15) is 0 Å². The first kappa shape index (κ1) is 25.0. The van der Waals surface area contributed by atoms with E-state index >= 15 is 0 Å². The number of nitrogens with zero attached hydrogens (tertiary/aromatic N) is 1. The third kappa shape index (κ3) is 4.98. The summed E-state index contributed by atoms with van der Waals surface area (Å²) in [6.45, 7) is 6.06. The normalized spacial score (nSPS) is 13.9. The van der Waals surface area contributed by atoms with E-state index in [1.54, 1.807) is 31.4 Å². The largest absolute Gasteiger partial charge is 0.496 e. The van der Waals surface area contributed by atoms with Crippen molar-refractivity contribution in [2.75, 3.05) is 19.5 Å². The van der Waals surface area contributed by atoms with Gasteiger partial charge in [0.2, 0.25) is 0 Å². The van der Waals surface area contributed by atoms with Gasteiger partial charge in [-0.3, -0.25) is 9.59 Å². The van der Waals surface area contributed by atoms with Gasteiger partial charge in [0.15, 0.2) is 11.5 Å². The highest BCUT2D eigenvalue weighted by Gasteiger charge is 2.29. The van der Waals surface area contributed by atoms with Crippen LogP contribution in [0.25, 0.3) is 10.8 Å². The molecule has 0 heterocycles. The molecule has 0 aliphatic heterocycles. The molecular weight excluding hydrogens is 458 g/mol. The van der Waals surface area contributed by atoms with Gasteiger partial charge in [0.1, 0.15) is 5.75 Å². The van der Waals surface area contributed by atoms with Gasteiger partial charge in [-0.1, -0.05) is 50.2 Å². The van der Waals surface area contributed by atoms with Crippen molar-refractivity contribution in [1.82, 2.24) is 5.32 Å². The smallest absolute Gasteiger partial charge is 0.278 e. The quantitative estimate of drug-likeness (QED) is 0.249. The zero-order valence-electron chi connectivity index (χ0n) is 21.1. The summed E-state index contributed by atoms with van der Waals surface area (Å²) in [7, 11) is 3.02. The molecule has 188 valence electrons. The van der Waals surface area contributed by atoms with Gasteiger partial charge in [-0.05, 0) is 53.5 Å². The first-order valence-corrected chi connectivity index (χ1v) is 11.8. The minimum Gasteiger partial charge on any atom is -0.496 e. The van der Waals surface area contributed by atoms with Crippen LogP contribution >= 0.6 is 0 Å². The maximum absolute atomic E-state index is 13.5. The molecule has 0 saturated heterocycles. The Kier molecular flexibility index (Phi) is 6.88. The third-order valence-electron chi connectivity index (χ3n) is 6.24. The maximum atomic E-state index is 13.5. The van der Waals surface area contributed by atoms with E-state index in [1.165, 1.54) is 7.11 Å². The molecule has 0 aromatic heterocycles. The molecule has 0 atom stereocenters. The van der Waals surface area contributed by atoms with Crippen LogP contribution in [0, 0.1) is 0 Å². The van der Waals surface area contributed by atoms with Gasteiger partial charge in [0, 0.05) is 17.0 Å². The molecular formula is C28H31N3O5. The second kappa shape index (κ2) is 9.89. The number of ether oxygens (including phenoxy) is 2. The van der Waals surface area contributed by atoms with Crippen LogP contribution in [0.15, 0.2) is 53.7 Å². The van der Waals surface area contributed by atoms with Crippen molar-refractivity contribution in [3.05, 3.63) is 65.2 Å². The number of anilines is 1. The van der Waals surface area contributed by atoms with Crippen molar-refractivity contribution in [2.45, 2.75) is 45.1 Å². The van der Waals surface area contributed by atoms with Gasteiger partial charge in [-0.15, -0.1) is 0 Å². The molecule has 0 spiro atoms. The average molecular weight is 490 g/mol. The van der Waals surface area contributed by atoms with Crippen LogP contribution in [0.3, 0.4) is 0 Å². The molecule has 8 heteroatoms. The van der Waals surface area contributed by atoms with Crippen molar-refractivity contribution < 1.29 is 24.3 Å². The fraction of sp³-hybridized carbons (Fsp3) is 0.321. The van der Waals surface area contributed by atoms with E-state index in [0.717, 1.165) is 23.8 Å². The van der Waals surface area contributed by atoms with E-state index in [0.29, 0.717) is 28.0 Å². The maximum Gasteiger partial charge on any atom is 0.278 e. The molecule has 3 aromatic carbocycles. The number of hydrogen-bond acceptors (Lipinski definition) is 6. The zero-order valence-corrected chi connectivity index (χ0v) is 21.1. The van der Waals surface area contributed by atoms with Crippen LogP contribution < -0.4 is 20.1 Å². The lowest BCUT2D eigenvalue weighted by atomic mass is 9.85. The fourth-order valence-corrected chi connectivity index (χ4v) is 4.09. The van der Waals surface area contributed by atoms with Crippen LogP contribution in [0.2, 0.25) is 0 Å². The van der Waals surface area contributed by atoms with Crippen LogP contribution in [-0.2, 0) is 10.2 Å². The van der Waals surface area contributed by atoms with Gasteiger partial charge >= 0.3 is 0 Å². The SMILES string of the molecule is COc1c(NC(=O)/C(=N\O)c2ccc(OC)c3ccccc23)cc(C(C)(C)C)cc1C(=O)NC1CC1. The minimum atomic E-state index is -0.647. The average Bonchev–Trinajstić information content (AvgIpc) is 3.67. The Labute approximate surface area is 210 Å². The second-order valence-corrected chi connectivity index (χ2v) is 9.87. The van der Waals surface area contributed by atoms with E-state index in [4.69, 9.17) is 9.47 Å². The topological polar surface area (TPSA) is 109 Å². The highest BCUT2D eigenvalue weighted by atomic mass is 16.5. The Morgan fingerprint density at radius 2 is 1.67 bits per heavy atom. The summed E-state index contributed by atoms with van der Waals surface area (Å²) < 4.78 is 11.0. The molecule has 0 radical (unpaired) electrons. The lowest BCUT2D eigenvalue weighted by Gasteiger charge is -2.23. The summed E-state index contributed by atoms with van der Waals surface area (Å²) in [5.41, 5.74) is 1.45. The monoisotopic (exact) mass is 489 g/mol. The number of nitrogens with one attached hydrogen (secondary N) is 2. The van der Waals surface area contributed by atoms with Crippen molar-refractivity contribution in [2.24, 2.45) is 5.16 Å². The highest BCUT2D eigenvalue weighted by Crippen LogP contribution is 2.36. The van der Waals surface area contributed by atoms with Crippen molar-refractivity contribution >= 4 is 34.0 Å². The molecule has 3 aromatic rings. The van der Waals surface area contributed by atoms with Crippen molar-refractivity contribution in [3.8, 4) is 11.5 Å². The van der Waals surface area contributed by atoms with Gasteiger partial charge in [0.05, 0.1) is 25.5 Å². The highest BCUT2D eigenvalue weighted by molar-refractivity contribution is 6.50. The Balaban J connectivity index is 1.76. The summed E-state index contributed by atoms with van der Waals surface area (Å²) in [5.74, 6) is -0.0248.